The predicted molar refractivity (Wildman–Crippen MR) is 76.0 cm³/mol. The zero-order valence-corrected chi connectivity index (χ0v) is 12.5. The van der Waals surface area contributed by atoms with Crippen molar-refractivity contribution in [2.24, 2.45) is 5.92 Å². The molecule has 0 aliphatic carbocycles. The lowest BCUT2D eigenvalue weighted by molar-refractivity contribution is 0.177. The minimum atomic E-state index is 0.345. The minimum Gasteiger partial charge on any atom is -0.497 e. The highest BCUT2D eigenvalue weighted by Gasteiger charge is 2.27. The summed E-state index contributed by atoms with van der Waals surface area (Å²) in [5, 5.41) is 3.57. The maximum absolute atomic E-state index is 5.51. The van der Waals surface area contributed by atoms with Crippen LogP contribution in [0.25, 0.3) is 0 Å². The third-order valence-corrected chi connectivity index (χ3v) is 4.09. The highest BCUT2D eigenvalue weighted by molar-refractivity contribution is 9.10. The van der Waals surface area contributed by atoms with Gasteiger partial charge in [-0.25, -0.2) is 0 Å². The van der Waals surface area contributed by atoms with Crippen LogP contribution >= 0.6 is 15.9 Å². The maximum Gasteiger partial charge on any atom is 0.120 e. The van der Waals surface area contributed by atoms with Crippen molar-refractivity contribution < 1.29 is 9.47 Å². The van der Waals surface area contributed by atoms with E-state index >= 15 is 0 Å². The first-order chi connectivity index (χ1) is 8.76. The molecule has 0 radical (unpaired) electrons. The predicted octanol–water partition coefficient (Wildman–Crippen LogP) is 3.14. The van der Waals surface area contributed by atoms with Crippen LogP contribution in [0.3, 0.4) is 0 Å². The molecule has 100 valence electrons. The lowest BCUT2D eigenvalue weighted by Crippen LogP contribution is -2.28. The van der Waals surface area contributed by atoms with Gasteiger partial charge in [-0.1, -0.05) is 28.9 Å². The lowest BCUT2D eigenvalue weighted by atomic mass is 9.92. The molecule has 1 aliphatic heterocycles. The Labute approximate surface area is 117 Å². The summed E-state index contributed by atoms with van der Waals surface area (Å²) in [7, 11) is 1.69. The van der Waals surface area contributed by atoms with E-state index in [9.17, 15) is 0 Å². The Morgan fingerprint density at radius 2 is 2.39 bits per heavy atom. The van der Waals surface area contributed by atoms with Gasteiger partial charge in [0.15, 0.2) is 0 Å². The fourth-order valence-corrected chi connectivity index (χ4v) is 3.06. The highest BCUT2D eigenvalue weighted by Crippen LogP contribution is 2.34. The lowest BCUT2D eigenvalue weighted by Gasteiger charge is -2.25. The Hall–Kier alpha value is -0.580. The summed E-state index contributed by atoms with van der Waals surface area (Å²) in [6.45, 7) is 4.82. The molecule has 18 heavy (non-hydrogen) atoms. The van der Waals surface area contributed by atoms with Crippen molar-refractivity contribution in [2.45, 2.75) is 19.4 Å². The Bertz CT molecular complexity index is 391. The van der Waals surface area contributed by atoms with Gasteiger partial charge in [0.25, 0.3) is 0 Å². The monoisotopic (exact) mass is 313 g/mol. The second kappa shape index (κ2) is 6.55. The van der Waals surface area contributed by atoms with Gasteiger partial charge < -0.3 is 14.8 Å². The van der Waals surface area contributed by atoms with Crippen LogP contribution in [0.15, 0.2) is 22.7 Å². The molecule has 0 spiro atoms. The number of nitrogens with one attached hydrogen (secondary N) is 1. The molecular weight excluding hydrogens is 294 g/mol. The van der Waals surface area contributed by atoms with Gasteiger partial charge in [-0.3, -0.25) is 0 Å². The highest BCUT2D eigenvalue weighted by atomic mass is 79.9. The zero-order valence-electron chi connectivity index (χ0n) is 10.9. The molecule has 1 N–H and O–H groups in total. The SMILES string of the molecule is CCNC(c1ccc(OC)cc1Br)C1CCOC1. The van der Waals surface area contributed by atoms with E-state index in [4.69, 9.17) is 9.47 Å². The molecule has 0 aromatic heterocycles. The summed E-state index contributed by atoms with van der Waals surface area (Å²) in [6, 6.07) is 6.52. The van der Waals surface area contributed by atoms with Crippen LogP contribution < -0.4 is 10.1 Å². The smallest absolute Gasteiger partial charge is 0.120 e. The van der Waals surface area contributed by atoms with E-state index in [1.54, 1.807) is 7.11 Å². The zero-order chi connectivity index (χ0) is 13.0. The van der Waals surface area contributed by atoms with Gasteiger partial charge in [0, 0.05) is 23.0 Å². The molecular formula is C14H20BrNO2. The maximum atomic E-state index is 5.51. The molecule has 0 bridgehead atoms. The molecule has 2 atom stereocenters. The average Bonchev–Trinajstić information content (AvgIpc) is 2.90. The number of hydrogen-bond donors (Lipinski definition) is 1. The van der Waals surface area contributed by atoms with Crippen LogP contribution in [0.2, 0.25) is 0 Å². The average molecular weight is 314 g/mol. The van der Waals surface area contributed by atoms with E-state index < -0.39 is 0 Å². The van der Waals surface area contributed by atoms with E-state index in [2.05, 4.69) is 34.2 Å². The molecule has 1 aromatic carbocycles. The van der Waals surface area contributed by atoms with Crippen molar-refractivity contribution in [1.82, 2.24) is 5.32 Å². The van der Waals surface area contributed by atoms with Crippen LogP contribution in [0, 0.1) is 5.92 Å². The van der Waals surface area contributed by atoms with Gasteiger partial charge in [0.1, 0.15) is 5.75 Å². The van der Waals surface area contributed by atoms with Gasteiger partial charge in [0.2, 0.25) is 0 Å². The van der Waals surface area contributed by atoms with Crippen molar-refractivity contribution in [2.75, 3.05) is 26.9 Å². The van der Waals surface area contributed by atoms with Gasteiger partial charge >= 0.3 is 0 Å². The third kappa shape index (κ3) is 3.05. The Morgan fingerprint density at radius 3 is 2.94 bits per heavy atom. The van der Waals surface area contributed by atoms with E-state index in [0.29, 0.717) is 12.0 Å². The molecule has 0 saturated carbocycles. The quantitative estimate of drug-likeness (QED) is 0.906. The fraction of sp³-hybridized carbons (Fsp3) is 0.571. The molecule has 1 aliphatic rings. The van der Waals surface area contributed by atoms with E-state index in [1.165, 1.54) is 5.56 Å². The van der Waals surface area contributed by atoms with Crippen LogP contribution in [0.4, 0.5) is 0 Å². The van der Waals surface area contributed by atoms with Crippen LogP contribution in [0.5, 0.6) is 5.75 Å². The normalized spacial score (nSPS) is 20.9. The second-order valence-corrected chi connectivity index (χ2v) is 5.40. The molecule has 3 nitrogen and oxygen atoms in total. The topological polar surface area (TPSA) is 30.5 Å². The molecule has 4 heteroatoms. The molecule has 0 amide bonds. The molecule has 2 unspecified atom stereocenters. The summed E-state index contributed by atoms with van der Waals surface area (Å²) in [4.78, 5) is 0. The van der Waals surface area contributed by atoms with E-state index in [0.717, 1.165) is 36.4 Å². The molecule has 1 saturated heterocycles. The summed E-state index contributed by atoms with van der Waals surface area (Å²) in [5.74, 6) is 1.43. The van der Waals surface area contributed by atoms with Gasteiger partial charge in [0.05, 0.1) is 13.7 Å². The Balaban J connectivity index is 2.23. The van der Waals surface area contributed by atoms with E-state index in [1.807, 2.05) is 12.1 Å². The van der Waals surface area contributed by atoms with E-state index in [-0.39, 0.29) is 0 Å². The van der Waals surface area contributed by atoms with Crippen LogP contribution in [0.1, 0.15) is 24.9 Å². The van der Waals surface area contributed by atoms with Crippen molar-refractivity contribution >= 4 is 15.9 Å². The van der Waals surface area contributed by atoms with Crippen LogP contribution in [-0.2, 0) is 4.74 Å². The molecule has 1 heterocycles. The molecule has 2 rings (SSSR count). The second-order valence-electron chi connectivity index (χ2n) is 4.55. The molecule has 1 aromatic rings. The summed E-state index contributed by atoms with van der Waals surface area (Å²) in [5.41, 5.74) is 1.29. The summed E-state index contributed by atoms with van der Waals surface area (Å²) < 4.78 is 11.8. The van der Waals surface area contributed by atoms with Gasteiger partial charge in [-0.05, 0) is 30.7 Å². The van der Waals surface area contributed by atoms with Gasteiger partial charge in [-0.15, -0.1) is 0 Å². The Kier molecular flexibility index (Phi) is 5.03. The molecule has 1 fully saturated rings. The first kappa shape index (κ1) is 13.8. The number of benzene rings is 1. The minimum absolute atomic E-state index is 0.345. The summed E-state index contributed by atoms with van der Waals surface area (Å²) in [6.07, 6.45) is 1.12. The van der Waals surface area contributed by atoms with Crippen molar-refractivity contribution in [3.8, 4) is 5.75 Å². The van der Waals surface area contributed by atoms with Crippen LogP contribution in [-0.4, -0.2) is 26.9 Å². The number of rotatable bonds is 5. The van der Waals surface area contributed by atoms with Gasteiger partial charge in [-0.2, -0.15) is 0 Å². The first-order valence-corrected chi connectivity index (χ1v) is 7.20. The fourth-order valence-electron chi connectivity index (χ4n) is 2.45. The van der Waals surface area contributed by atoms with Crippen molar-refractivity contribution in [3.63, 3.8) is 0 Å². The standard InChI is InChI=1S/C14H20BrNO2/c1-3-16-14(10-6-7-18-9-10)12-5-4-11(17-2)8-13(12)15/h4-5,8,10,14,16H,3,6-7,9H2,1-2H3. The van der Waals surface area contributed by atoms with Crippen molar-refractivity contribution in [1.29, 1.82) is 0 Å². The van der Waals surface area contributed by atoms with Crippen molar-refractivity contribution in [3.05, 3.63) is 28.2 Å². The summed E-state index contributed by atoms with van der Waals surface area (Å²) >= 11 is 3.64. The number of halogens is 1. The first-order valence-electron chi connectivity index (χ1n) is 6.40. The Morgan fingerprint density at radius 1 is 1.56 bits per heavy atom. The number of methoxy groups -OCH3 is 1. The number of hydrogen-bond acceptors (Lipinski definition) is 3. The largest absolute Gasteiger partial charge is 0.497 e. The third-order valence-electron chi connectivity index (χ3n) is 3.40. The number of ether oxygens (including phenoxy) is 2.